The summed E-state index contributed by atoms with van der Waals surface area (Å²) in [7, 11) is -1.31. The molecular weight excluding hydrogens is 530 g/mol. The number of hydrogen-bond donors (Lipinski definition) is 1. The highest BCUT2D eigenvalue weighted by Crippen LogP contribution is 2.33. The van der Waals surface area contributed by atoms with Crippen molar-refractivity contribution in [1.82, 2.24) is 10.2 Å². The Hall–Kier alpha value is -4.05. The average molecular weight is 568 g/mol. The molecule has 0 aromatic heterocycles. The smallest absolute Gasteiger partial charge is 0.264 e. The van der Waals surface area contributed by atoms with Gasteiger partial charge in [-0.1, -0.05) is 42.0 Å². The van der Waals surface area contributed by atoms with Gasteiger partial charge in [-0.15, -0.1) is 0 Å². The third-order valence-electron chi connectivity index (χ3n) is 6.35. The van der Waals surface area contributed by atoms with Crippen LogP contribution in [0.5, 0.6) is 11.5 Å². The predicted molar refractivity (Wildman–Crippen MR) is 155 cm³/mol. The number of nitrogens with one attached hydrogen (secondary N) is 1. The van der Waals surface area contributed by atoms with Gasteiger partial charge in [0.25, 0.3) is 10.0 Å². The second-order valence-corrected chi connectivity index (χ2v) is 11.6. The Bertz CT molecular complexity index is 1410. The minimum absolute atomic E-state index is 0.0253. The van der Waals surface area contributed by atoms with Gasteiger partial charge in [0.05, 0.1) is 24.8 Å². The van der Waals surface area contributed by atoms with Crippen molar-refractivity contribution in [3.63, 3.8) is 0 Å². The van der Waals surface area contributed by atoms with E-state index in [1.54, 1.807) is 31.2 Å². The van der Waals surface area contributed by atoms with Gasteiger partial charge in [0, 0.05) is 12.6 Å². The summed E-state index contributed by atoms with van der Waals surface area (Å²) < 4.78 is 39.6. The molecule has 1 atom stereocenters. The number of hydrogen-bond acceptors (Lipinski definition) is 6. The Morgan fingerprint density at radius 1 is 0.875 bits per heavy atom. The van der Waals surface area contributed by atoms with Crippen LogP contribution in [0, 0.1) is 6.92 Å². The highest BCUT2D eigenvalue weighted by atomic mass is 32.2. The molecule has 0 bridgehead atoms. The first-order valence-electron chi connectivity index (χ1n) is 12.9. The molecule has 1 N–H and O–H groups in total. The molecular formula is C30H37N3O6S. The summed E-state index contributed by atoms with van der Waals surface area (Å²) in [5, 5.41) is 2.85. The molecule has 3 rings (SSSR count). The Morgan fingerprint density at radius 3 is 2.08 bits per heavy atom. The van der Waals surface area contributed by atoms with Crippen molar-refractivity contribution in [3.05, 3.63) is 83.9 Å². The predicted octanol–water partition coefficient (Wildman–Crippen LogP) is 4.15. The lowest BCUT2D eigenvalue weighted by Gasteiger charge is -2.32. The molecule has 10 heteroatoms. The molecule has 0 aliphatic carbocycles. The zero-order chi connectivity index (χ0) is 29.4. The van der Waals surface area contributed by atoms with Gasteiger partial charge in [0.1, 0.15) is 24.1 Å². The van der Waals surface area contributed by atoms with Crippen molar-refractivity contribution in [2.75, 3.05) is 25.1 Å². The van der Waals surface area contributed by atoms with E-state index in [0.29, 0.717) is 5.75 Å². The number of anilines is 1. The zero-order valence-corrected chi connectivity index (χ0v) is 24.6. The molecule has 0 saturated heterocycles. The average Bonchev–Trinajstić information content (AvgIpc) is 2.94. The number of carbonyl (C=O) groups excluding carboxylic acids is 2. The second kappa shape index (κ2) is 13.3. The molecule has 40 heavy (non-hydrogen) atoms. The van der Waals surface area contributed by atoms with Gasteiger partial charge < -0.3 is 19.7 Å². The summed E-state index contributed by atoms with van der Waals surface area (Å²) in [4.78, 5) is 28.4. The third kappa shape index (κ3) is 7.32. The molecule has 0 aliphatic rings. The van der Waals surface area contributed by atoms with Gasteiger partial charge in [0.15, 0.2) is 0 Å². The van der Waals surface area contributed by atoms with Gasteiger partial charge in [-0.25, -0.2) is 8.42 Å². The van der Waals surface area contributed by atoms with E-state index >= 15 is 0 Å². The summed E-state index contributed by atoms with van der Waals surface area (Å²) in [6, 6.07) is 19.1. The minimum Gasteiger partial charge on any atom is -0.497 e. The molecule has 3 aromatic carbocycles. The van der Waals surface area contributed by atoms with E-state index in [1.165, 1.54) is 43.4 Å². The number of nitrogens with zero attached hydrogens (tertiary/aromatic N) is 2. The molecule has 1 unspecified atom stereocenters. The number of methoxy groups -OCH3 is 2. The normalized spacial score (nSPS) is 12.0. The molecule has 2 amide bonds. The fourth-order valence-electron chi connectivity index (χ4n) is 4.10. The van der Waals surface area contributed by atoms with Crippen LogP contribution in [0.25, 0.3) is 0 Å². The first kappa shape index (κ1) is 30.5. The van der Waals surface area contributed by atoms with Crippen LogP contribution in [0.4, 0.5) is 5.69 Å². The molecule has 0 spiro atoms. The van der Waals surface area contributed by atoms with Gasteiger partial charge in [-0.2, -0.15) is 0 Å². The number of ether oxygens (including phenoxy) is 2. The van der Waals surface area contributed by atoms with Crippen molar-refractivity contribution < 1.29 is 27.5 Å². The first-order valence-corrected chi connectivity index (χ1v) is 14.4. The first-order chi connectivity index (χ1) is 19.0. The Balaban J connectivity index is 2.06. The standard InChI is InChI=1S/C30H37N3O6S/c1-21(2)31-30(35)23(4)32(19-24-13-11-22(3)12-14-24)29(34)20-33(27-9-7-8-10-28(27)39-6)40(36,37)26-17-15-25(38-5)16-18-26/h7-18,21,23H,19-20H2,1-6H3,(H,31,35). The monoisotopic (exact) mass is 567 g/mol. The van der Waals surface area contributed by atoms with Gasteiger partial charge in [0.2, 0.25) is 11.8 Å². The Morgan fingerprint density at radius 2 is 1.50 bits per heavy atom. The molecule has 0 aliphatic heterocycles. The quantitative estimate of drug-likeness (QED) is 0.353. The number of rotatable bonds is 12. The summed E-state index contributed by atoms with van der Waals surface area (Å²) >= 11 is 0. The van der Waals surface area contributed by atoms with Crippen molar-refractivity contribution >= 4 is 27.5 Å². The van der Waals surface area contributed by atoms with Crippen LogP contribution >= 0.6 is 0 Å². The maximum Gasteiger partial charge on any atom is 0.264 e. The molecule has 9 nitrogen and oxygen atoms in total. The van der Waals surface area contributed by atoms with Gasteiger partial charge in [-0.05, 0) is 69.7 Å². The van der Waals surface area contributed by atoms with Crippen LogP contribution in [-0.2, 0) is 26.2 Å². The van der Waals surface area contributed by atoms with E-state index in [2.05, 4.69) is 5.32 Å². The topological polar surface area (TPSA) is 105 Å². The van der Waals surface area contributed by atoms with Crippen LogP contribution in [0.2, 0.25) is 0 Å². The third-order valence-corrected chi connectivity index (χ3v) is 8.13. The SMILES string of the molecule is COc1ccc(S(=O)(=O)N(CC(=O)N(Cc2ccc(C)cc2)C(C)C(=O)NC(C)C)c2ccccc2OC)cc1. The van der Waals surface area contributed by atoms with E-state index in [4.69, 9.17) is 9.47 Å². The van der Waals surface area contributed by atoms with Crippen molar-refractivity contribution in [2.45, 2.75) is 51.2 Å². The largest absolute Gasteiger partial charge is 0.497 e. The molecule has 3 aromatic rings. The van der Waals surface area contributed by atoms with Crippen molar-refractivity contribution in [3.8, 4) is 11.5 Å². The molecule has 0 saturated carbocycles. The van der Waals surface area contributed by atoms with E-state index < -0.39 is 28.5 Å². The van der Waals surface area contributed by atoms with E-state index in [9.17, 15) is 18.0 Å². The van der Waals surface area contributed by atoms with E-state index in [1.807, 2.05) is 45.0 Å². The summed E-state index contributed by atoms with van der Waals surface area (Å²) in [5.74, 6) is -0.108. The number of para-hydroxylation sites is 2. The van der Waals surface area contributed by atoms with Crippen LogP contribution < -0.4 is 19.1 Å². The number of benzene rings is 3. The fourth-order valence-corrected chi connectivity index (χ4v) is 5.53. The molecule has 214 valence electrons. The second-order valence-electron chi connectivity index (χ2n) is 9.71. The highest BCUT2D eigenvalue weighted by Gasteiger charge is 2.33. The molecule has 0 fully saturated rings. The molecule has 0 radical (unpaired) electrons. The fraction of sp³-hybridized carbons (Fsp3) is 0.333. The minimum atomic E-state index is -4.23. The van der Waals surface area contributed by atoms with E-state index in [-0.39, 0.29) is 34.8 Å². The number of amides is 2. The van der Waals surface area contributed by atoms with Crippen molar-refractivity contribution in [2.24, 2.45) is 0 Å². The van der Waals surface area contributed by atoms with Gasteiger partial charge >= 0.3 is 0 Å². The Labute approximate surface area is 236 Å². The summed E-state index contributed by atoms with van der Waals surface area (Å²) in [6.07, 6.45) is 0. The van der Waals surface area contributed by atoms with Gasteiger partial charge in [-0.3, -0.25) is 13.9 Å². The zero-order valence-electron chi connectivity index (χ0n) is 23.7. The number of carbonyl (C=O) groups is 2. The highest BCUT2D eigenvalue weighted by molar-refractivity contribution is 7.92. The van der Waals surface area contributed by atoms with Crippen LogP contribution in [0.3, 0.4) is 0 Å². The van der Waals surface area contributed by atoms with Crippen LogP contribution in [0.15, 0.2) is 77.7 Å². The maximum absolute atomic E-state index is 14.0. The number of aryl methyl sites for hydroxylation is 1. The van der Waals surface area contributed by atoms with E-state index in [0.717, 1.165) is 15.4 Å². The van der Waals surface area contributed by atoms with Crippen molar-refractivity contribution in [1.29, 1.82) is 0 Å². The lowest BCUT2D eigenvalue weighted by Crippen LogP contribution is -2.52. The lowest BCUT2D eigenvalue weighted by molar-refractivity contribution is -0.139. The summed E-state index contributed by atoms with van der Waals surface area (Å²) in [5.41, 5.74) is 2.06. The summed E-state index contributed by atoms with van der Waals surface area (Å²) in [6.45, 7) is 6.83. The molecule has 0 heterocycles. The maximum atomic E-state index is 14.0. The van der Waals surface area contributed by atoms with Crippen LogP contribution in [-0.4, -0.2) is 58.0 Å². The Kier molecular flexibility index (Phi) is 10.2. The van der Waals surface area contributed by atoms with Crippen LogP contribution in [0.1, 0.15) is 31.9 Å². The number of sulfonamides is 1. The lowest BCUT2D eigenvalue weighted by atomic mass is 10.1.